The second-order valence-electron chi connectivity index (χ2n) is 7.38. The van der Waals surface area contributed by atoms with E-state index in [1.165, 1.54) is 22.7 Å². The zero-order chi connectivity index (χ0) is 19.6. The van der Waals surface area contributed by atoms with Gasteiger partial charge >= 0.3 is 0 Å². The van der Waals surface area contributed by atoms with E-state index >= 15 is 0 Å². The van der Waals surface area contributed by atoms with Crippen LogP contribution in [0.1, 0.15) is 32.4 Å². The topological polar surface area (TPSA) is 61.9 Å². The highest BCUT2D eigenvalue weighted by molar-refractivity contribution is 7.88. The van der Waals surface area contributed by atoms with Crippen LogP contribution in [0, 0.1) is 17.7 Å². The second-order valence-corrected chi connectivity index (χ2v) is 9.42. The summed E-state index contributed by atoms with van der Waals surface area (Å²) in [5.41, 5.74) is 0.940. The smallest absolute Gasteiger partial charge is 0.213 e. The van der Waals surface area contributed by atoms with Gasteiger partial charge in [0, 0.05) is 26.2 Å². The molecule has 1 N–H and O–H groups in total. The lowest BCUT2D eigenvalue weighted by Crippen LogP contribution is -2.68. The van der Waals surface area contributed by atoms with E-state index in [1.54, 1.807) is 26.3 Å². The van der Waals surface area contributed by atoms with Gasteiger partial charge in [-0.1, -0.05) is 32.9 Å². The summed E-state index contributed by atoms with van der Waals surface area (Å²) >= 11 is 0. The van der Waals surface area contributed by atoms with Gasteiger partial charge in [0.05, 0.1) is 6.26 Å². The minimum absolute atomic E-state index is 0.0901. The Labute approximate surface area is 156 Å². The predicted molar refractivity (Wildman–Crippen MR) is 100 cm³/mol. The van der Waals surface area contributed by atoms with E-state index in [2.05, 4.69) is 26.1 Å². The SMILES string of the molecule is COCN1C(c2ccc(F)cc2)C(C)C(C(C)C)NC1N(C)S(C)(=O)=O. The maximum Gasteiger partial charge on any atom is 0.213 e. The van der Waals surface area contributed by atoms with Gasteiger partial charge in [-0.2, -0.15) is 4.31 Å². The number of hydrogen-bond acceptors (Lipinski definition) is 5. The van der Waals surface area contributed by atoms with Crippen LogP contribution < -0.4 is 5.32 Å². The maximum atomic E-state index is 13.4. The monoisotopic (exact) mass is 387 g/mol. The van der Waals surface area contributed by atoms with Crippen LogP contribution in [-0.2, 0) is 14.8 Å². The van der Waals surface area contributed by atoms with Gasteiger partial charge in [-0.05, 0) is 29.5 Å². The number of nitrogens with one attached hydrogen (secondary N) is 1. The predicted octanol–water partition coefficient (Wildman–Crippen LogP) is 2.21. The van der Waals surface area contributed by atoms with Crippen LogP contribution in [0.5, 0.6) is 0 Å². The average molecular weight is 388 g/mol. The fourth-order valence-electron chi connectivity index (χ4n) is 3.82. The Morgan fingerprint density at radius 2 is 1.88 bits per heavy atom. The van der Waals surface area contributed by atoms with Crippen molar-refractivity contribution in [2.24, 2.45) is 11.8 Å². The van der Waals surface area contributed by atoms with E-state index in [-0.39, 0.29) is 30.5 Å². The minimum Gasteiger partial charge on any atom is -0.369 e. The van der Waals surface area contributed by atoms with Crippen molar-refractivity contribution in [2.45, 2.75) is 39.1 Å². The third-order valence-electron chi connectivity index (χ3n) is 5.15. The van der Waals surface area contributed by atoms with E-state index in [0.717, 1.165) is 5.56 Å². The summed E-state index contributed by atoms with van der Waals surface area (Å²) in [6, 6.07) is 6.38. The zero-order valence-electron chi connectivity index (χ0n) is 16.3. The Morgan fingerprint density at radius 3 is 2.35 bits per heavy atom. The lowest BCUT2D eigenvalue weighted by molar-refractivity contribution is -0.101. The van der Waals surface area contributed by atoms with Gasteiger partial charge in [-0.15, -0.1) is 0 Å². The summed E-state index contributed by atoms with van der Waals surface area (Å²) in [6.07, 6.45) is 0.637. The number of ether oxygens (including phenoxy) is 1. The quantitative estimate of drug-likeness (QED) is 0.811. The standard InChI is InChI=1S/C18H30FN3O3S/c1-12(2)16-13(3)17(14-7-9-15(19)10-8-14)22(11-25-5)18(20-16)21(4)26(6,23)24/h7-10,12-13,16-18,20H,11H2,1-6H3. The lowest BCUT2D eigenvalue weighted by Gasteiger charge is -2.52. The first kappa shape index (κ1) is 21.2. The molecule has 0 aliphatic carbocycles. The normalized spacial score (nSPS) is 28.0. The number of benzene rings is 1. The average Bonchev–Trinajstić information content (AvgIpc) is 2.55. The molecule has 0 aromatic heterocycles. The molecule has 6 nitrogen and oxygen atoms in total. The first-order chi connectivity index (χ1) is 12.1. The number of sulfonamides is 1. The fourth-order valence-corrected chi connectivity index (χ4v) is 4.36. The molecule has 0 bridgehead atoms. The van der Waals surface area contributed by atoms with Crippen LogP contribution in [0.25, 0.3) is 0 Å². The van der Waals surface area contributed by atoms with Crippen LogP contribution in [0.3, 0.4) is 0 Å². The van der Waals surface area contributed by atoms with Crippen molar-refractivity contribution in [2.75, 3.05) is 27.1 Å². The highest BCUT2D eigenvalue weighted by Gasteiger charge is 2.45. The highest BCUT2D eigenvalue weighted by Crippen LogP contribution is 2.38. The molecule has 2 rings (SSSR count). The van der Waals surface area contributed by atoms with Gasteiger partial charge < -0.3 is 4.74 Å². The van der Waals surface area contributed by atoms with Crippen LogP contribution in [0.4, 0.5) is 4.39 Å². The first-order valence-electron chi connectivity index (χ1n) is 8.77. The van der Waals surface area contributed by atoms with Crippen molar-refractivity contribution < 1.29 is 17.5 Å². The van der Waals surface area contributed by atoms with E-state index in [1.807, 2.05) is 4.90 Å². The van der Waals surface area contributed by atoms with Gasteiger partial charge in [-0.25, -0.2) is 17.7 Å². The number of rotatable bonds is 6. The Hall–Kier alpha value is -1.06. The van der Waals surface area contributed by atoms with E-state index < -0.39 is 16.3 Å². The molecular weight excluding hydrogens is 357 g/mol. The van der Waals surface area contributed by atoms with E-state index in [9.17, 15) is 12.8 Å². The van der Waals surface area contributed by atoms with Crippen molar-refractivity contribution >= 4 is 10.0 Å². The molecule has 1 aromatic rings. The van der Waals surface area contributed by atoms with Crippen LogP contribution in [-0.4, -0.2) is 57.1 Å². The van der Waals surface area contributed by atoms with E-state index in [0.29, 0.717) is 5.92 Å². The van der Waals surface area contributed by atoms with Gasteiger partial charge in [-0.3, -0.25) is 5.32 Å². The summed E-state index contributed by atoms with van der Waals surface area (Å²) in [5.74, 6) is 0.173. The summed E-state index contributed by atoms with van der Waals surface area (Å²) in [4.78, 5) is 1.97. The molecule has 0 saturated carbocycles. The minimum atomic E-state index is -3.42. The molecule has 26 heavy (non-hydrogen) atoms. The molecule has 1 aliphatic heterocycles. The summed E-state index contributed by atoms with van der Waals surface area (Å²) < 4.78 is 44.5. The number of hydrogen-bond donors (Lipinski definition) is 1. The molecule has 4 atom stereocenters. The van der Waals surface area contributed by atoms with Crippen LogP contribution >= 0.6 is 0 Å². The van der Waals surface area contributed by atoms with Gasteiger partial charge in [0.25, 0.3) is 0 Å². The van der Waals surface area contributed by atoms with Gasteiger partial charge in [0.2, 0.25) is 10.0 Å². The zero-order valence-corrected chi connectivity index (χ0v) is 17.1. The second kappa shape index (κ2) is 8.31. The van der Waals surface area contributed by atoms with Crippen molar-refractivity contribution in [1.29, 1.82) is 0 Å². The number of methoxy groups -OCH3 is 1. The molecular formula is C18H30FN3O3S. The van der Waals surface area contributed by atoms with Crippen LogP contribution in [0.15, 0.2) is 24.3 Å². The maximum absolute atomic E-state index is 13.4. The van der Waals surface area contributed by atoms with E-state index in [4.69, 9.17) is 4.74 Å². The summed E-state index contributed by atoms with van der Waals surface area (Å²) in [5, 5.41) is 3.47. The largest absolute Gasteiger partial charge is 0.369 e. The third-order valence-corrected chi connectivity index (χ3v) is 6.40. The Bertz CT molecular complexity index is 696. The van der Waals surface area contributed by atoms with Crippen LogP contribution in [0.2, 0.25) is 0 Å². The summed E-state index contributed by atoms with van der Waals surface area (Å²) in [7, 11) is -0.277. The fraction of sp³-hybridized carbons (Fsp3) is 0.667. The molecule has 1 aromatic carbocycles. The van der Waals surface area contributed by atoms with Crippen molar-refractivity contribution in [1.82, 2.24) is 14.5 Å². The first-order valence-corrected chi connectivity index (χ1v) is 10.6. The third kappa shape index (κ3) is 4.43. The molecule has 0 amide bonds. The molecule has 0 radical (unpaired) electrons. The van der Waals surface area contributed by atoms with Crippen molar-refractivity contribution in [3.8, 4) is 0 Å². The Balaban J connectivity index is 2.53. The molecule has 1 fully saturated rings. The molecule has 4 unspecified atom stereocenters. The molecule has 148 valence electrons. The number of halogens is 1. The van der Waals surface area contributed by atoms with Crippen molar-refractivity contribution in [3.63, 3.8) is 0 Å². The summed E-state index contributed by atoms with van der Waals surface area (Å²) in [6.45, 7) is 6.60. The molecule has 1 aliphatic rings. The van der Waals surface area contributed by atoms with Gasteiger partial charge in [0.1, 0.15) is 18.8 Å². The number of nitrogens with zero attached hydrogens (tertiary/aromatic N) is 2. The highest BCUT2D eigenvalue weighted by atomic mass is 32.2. The molecule has 8 heteroatoms. The molecule has 1 saturated heterocycles. The van der Waals surface area contributed by atoms with Crippen molar-refractivity contribution in [3.05, 3.63) is 35.6 Å². The lowest BCUT2D eigenvalue weighted by atomic mass is 9.80. The molecule has 0 spiro atoms. The molecule has 1 heterocycles. The Morgan fingerprint density at radius 1 is 1.31 bits per heavy atom. The van der Waals surface area contributed by atoms with Gasteiger partial charge in [0.15, 0.2) is 0 Å². The Kier molecular flexibility index (Phi) is 6.79.